The fraction of sp³-hybridized carbons (Fsp3) is 0.143. The van der Waals surface area contributed by atoms with E-state index in [2.05, 4.69) is 19.7 Å². The summed E-state index contributed by atoms with van der Waals surface area (Å²) in [6.07, 6.45) is 3.60. The van der Waals surface area contributed by atoms with E-state index in [4.69, 9.17) is 0 Å². The summed E-state index contributed by atoms with van der Waals surface area (Å²) >= 11 is 5.60. The highest BCUT2D eigenvalue weighted by Crippen LogP contribution is 2.37. The Morgan fingerprint density at radius 2 is 2.13 bits per heavy atom. The van der Waals surface area contributed by atoms with Crippen molar-refractivity contribution >= 4 is 57.4 Å². The minimum Gasteiger partial charge on any atom is -0.301 e. The normalized spacial score (nSPS) is 12.0. The van der Waals surface area contributed by atoms with Crippen LogP contribution in [0.1, 0.15) is 10.8 Å². The van der Waals surface area contributed by atoms with Crippen LogP contribution in [0.4, 0.5) is 5.13 Å². The van der Waals surface area contributed by atoms with Crippen molar-refractivity contribution in [3.63, 3.8) is 0 Å². The number of rotatable bonds is 6. The van der Waals surface area contributed by atoms with E-state index < -0.39 is 5.25 Å². The molecule has 1 N–H and O–H groups in total. The van der Waals surface area contributed by atoms with Crippen LogP contribution in [-0.2, 0) is 4.79 Å². The molecular formula is C14H12N4OS4. The van der Waals surface area contributed by atoms with Crippen molar-refractivity contribution in [3.8, 4) is 0 Å². The smallest absolute Gasteiger partial charge is 0.244 e. The number of nitrogens with zero attached hydrogens (tertiary/aromatic N) is 3. The lowest BCUT2D eigenvalue weighted by atomic mass is 10.1. The van der Waals surface area contributed by atoms with Crippen molar-refractivity contribution < 1.29 is 4.79 Å². The van der Waals surface area contributed by atoms with Crippen LogP contribution in [0.15, 0.2) is 51.4 Å². The number of aromatic nitrogens is 3. The van der Waals surface area contributed by atoms with Crippen LogP contribution in [0.3, 0.4) is 0 Å². The molecule has 9 heteroatoms. The van der Waals surface area contributed by atoms with E-state index in [9.17, 15) is 4.79 Å². The maximum atomic E-state index is 12.7. The standard InChI is InChI=1S/C14H12N4OS4/c1-20-13-17-14(23-18-13)22-10(9-5-3-2-4-6-9)11(19)16-12-15-7-8-21-12/h2-8,10H,1H3,(H,15,16,19)/t10-/m0/s1. The van der Waals surface area contributed by atoms with Gasteiger partial charge >= 0.3 is 0 Å². The van der Waals surface area contributed by atoms with Crippen LogP contribution < -0.4 is 5.32 Å². The third kappa shape index (κ3) is 4.31. The highest BCUT2D eigenvalue weighted by Gasteiger charge is 2.24. The van der Waals surface area contributed by atoms with Gasteiger partial charge in [0.1, 0.15) is 5.25 Å². The summed E-state index contributed by atoms with van der Waals surface area (Å²) in [5.74, 6) is -0.114. The number of anilines is 1. The fourth-order valence-corrected chi connectivity index (χ4v) is 4.72. The maximum Gasteiger partial charge on any atom is 0.244 e. The first-order chi connectivity index (χ1) is 11.3. The summed E-state index contributed by atoms with van der Waals surface area (Å²) in [4.78, 5) is 21.2. The average Bonchev–Trinajstić information content (AvgIpc) is 3.24. The van der Waals surface area contributed by atoms with Crippen molar-refractivity contribution in [2.24, 2.45) is 0 Å². The van der Waals surface area contributed by atoms with Crippen LogP contribution in [0.2, 0.25) is 0 Å². The topological polar surface area (TPSA) is 67.8 Å². The van der Waals surface area contributed by atoms with E-state index in [1.807, 2.05) is 42.0 Å². The van der Waals surface area contributed by atoms with E-state index in [0.717, 1.165) is 15.1 Å². The van der Waals surface area contributed by atoms with Crippen LogP contribution in [-0.4, -0.2) is 26.5 Å². The SMILES string of the molecule is CSc1nsc(S[C@H](C(=O)Nc2nccs2)c2ccccc2)n1. The molecule has 0 aliphatic rings. The summed E-state index contributed by atoms with van der Waals surface area (Å²) in [7, 11) is 0. The van der Waals surface area contributed by atoms with Gasteiger partial charge in [-0.3, -0.25) is 4.79 Å². The first kappa shape index (κ1) is 16.4. The van der Waals surface area contributed by atoms with Crippen LogP contribution >= 0.6 is 46.4 Å². The molecule has 0 spiro atoms. The largest absolute Gasteiger partial charge is 0.301 e. The molecule has 3 aromatic rings. The second kappa shape index (κ2) is 7.91. The lowest BCUT2D eigenvalue weighted by Crippen LogP contribution is -2.18. The molecule has 0 saturated carbocycles. The van der Waals surface area contributed by atoms with Crippen molar-refractivity contribution in [1.82, 2.24) is 14.3 Å². The maximum absolute atomic E-state index is 12.7. The second-order valence-electron chi connectivity index (χ2n) is 4.28. The molecule has 0 unspecified atom stereocenters. The summed E-state index contributed by atoms with van der Waals surface area (Å²) in [5.41, 5.74) is 0.924. The molecule has 1 amide bonds. The minimum absolute atomic E-state index is 0.114. The first-order valence-corrected chi connectivity index (χ1v) is 10.3. The highest BCUT2D eigenvalue weighted by molar-refractivity contribution is 8.02. The second-order valence-corrected chi connectivity index (χ2v) is 8.05. The Kier molecular flexibility index (Phi) is 5.65. The van der Waals surface area contributed by atoms with Gasteiger partial charge in [0.05, 0.1) is 0 Å². The molecule has 0 aliphatic heterocycles. The number of nitrogens with one attached hydrogen (secondary N) is 1. The molecule has 0 aliphatic carbocycles. The Bertz CT molecular complexity index is 760. The number of carbonyl (C=O) groups is 1. The van der Waals surface area contributed by atoms with Crippen LogP contribution in [0.25, 0.3) is 0 Å². The van der Waals surface area contributed by atoms with Crippen LogP contribution in [0, 0.1) is 0 Å². The van der Waals surface area contributed by atoms with Gasteiger partial charge in [-0.15, -0.1) is 11.3 Å². The van der Waals surface area contributed by atoms with Crippen molar-refractivity contribution in [2.45, 2.75) is 14.7 Å². The number of thioether (sulfide) groups is 2. The Morgan fingerprint density at radius 1 is 1.30 bits per heavy atom. The molecule has 5 nitrogen and oxygen atoms in total. The number of carbonyl (C=O) groups excluding carboxylic acids is 1. The summed E-state index contributed by atoms with van der Waals surface area (Å²) in [6.45, 7) is 0. The first-order valence-electron chi connectivity index (χ1n) is 6.56. The number of benzene rings is 1. The predicted octanol–water partition coefficient (Wildman–Crippen LogP) is 4.19. The Labute approximate surface area is 150 Å². The molecule has 118 valence electrons. The van der Waals surface area contributed by atoms with Gasteiger partial charge in [-0.2, -0.15) is 4.37 Å². The van der Waals surface area contributed by atoms with E-state index in [1.165, 1.54) is 46.4 Å². The van der Waals surface area contributed by atoms with E-state index >= 15 is 0 Å². The van der Waals surface area contributed by atoms with Gasteiger partial charge in [-0.1, -0.05) is 53.9 Å². The van der Waals surface area contributed by atoms with E-state index in [0.29, 0.717) is 5.13 Å². The van der Waals surface area contributed by atoms with Gasteiger partial charge in [-0.05, 0) is 23.4 Å². The van der Waals surface area contributed by atoms with Crippen LogP contribution in [0.5, 0.6) is 0 Å². The lowest BCUT2D eigenvalue weighted by Gasteiger charge is -2.14. The molecule has 1 aromatic carbocycles. The van der Waals surface area contributed by atoms with Crippen molar-refractivity contribution in [2.75, 3.05) is 11.6 Å². The monoisotopic (exact) mass is 380 g/mol. The molecule has 23 heavy (non-hydrogen) atoms. The summed E-state index contributed by atoms with van der Waals surface area (Å²) in [6, 6.07) is 9.66. The highest BCUT2D eigenvalue weighted by atomic mass is 32.2. The van der Waals surface area contributed by atoms with E-state index in [-0.39, 0.29) is 5.91 Å². The Hall–Kier alpha value is -1.42. The predicted molar refractivity (Wildman–Crippen MR) is 97.5 cm³/mol. The molecule has 0 radical (unpaired) electrons. The van der Waals surface area contributed by atoms with Gasteiger partial charge in [-0.25, -0.2) is 9.97 Å². The van der Waals surface area contributed by atoms with Gasteiger partial charge in [0.25, 0.3) is 0 Å². The minimum atomic E-state index is -0.400. The molecule has 0 fully saturated rings. The lowest BCUT2D eigenvalue weighted by molar-refractivity contribution is -0.115. The number of hydrogen-bond acceptors (Lipinski definition) is 8. The van der Waals surface area contributed by atoms with E-state index in [1.54, 1.807) is 6.20 Å². The number of thiazole rings is 1. The molecule has 1 atom stereocenters. The number of hydrogen-bond donors (Lipinski definition) is 1. The Morgan fingerprint density at radius 3 is 2.78 bits per heavy atom. The molecule has 0 bridgehead atoms. The van der Waals surface area contributed by atoms with Gasteiger partial charge in [0.2, 0.25) is 11.1 Å². The zero-order chi connectivity index (χ0) is 16.1. The zero-order valence-electron chi connectivity index (χ0n) is 12.0. The molecular weight excluding hydrogens is 368 g/mol. The fourth-order valence-electron chi connectivity index (χ4n) is 1.79. The molecule has 0 saturated heterocycles. The number of amides is 1. The van der Waals surface area contributed by atoms with Crippen molar-refractivity contribution in [1.29, 1.82) is 0 Å². The zero-order valence-corrected chi connectivity index (χ0v) is 15.3. The summed E-state index contributed by atoms with van der Waals surface area (Å²) < 4.78 is 5.02. The van der Waals surface area contributed by atoms with Crippen molar-refractivity contribution in [3.05, 3.63) is 47.5 Å². The van der Waals surface area contributed by atoms with Gasteiger partial charge < -0.3 is 5.32 Å². The quantitative estimate of drug-likeness (QED) is 0.647. The summed E-state index contributed by atoms with van der Waals surface area (Å²) in [5, 5.41) is 5.61. The third-order valence-corrected chi connectivity index (χ3v) is 6.18. The molecule has 2 aromatic heterocycles. The Balaban J connectivity index is 1.82. The molecule has 3 rings (SSSR count). The third-order valence-electron chi connectivity index (χ3n) is 2.79. The van der Waals surface area contributed by atoms with Gasteiger partial charge in [0.15, 0.2) is 9.47 Å². The molecule has 2 heterocycles. The average molecular weight is 381 g/mol. The van der Waals surface area contributed by atoms with Gasteiger partial charge in [0, 0.05) is 11.6 Å².